The fourth-order valence-corrected chi connectivity index (χ4v) is 3.24. The summed E-state index contributed by atoms with van der Waals surface area (Å²) in [5, 5.41) is 3.75. The Kier molecular flexibility index (Phi) is 4.69. The molecule has 0 spiro atoms. The van der Waals surface area contributed by atoms with Gasteiger partial charge in [0.25, 0.3) is 0 Å². The molecule has 1 heterocycles. The van der Waals surface area contributed by atoms with Crippen molar-refractivity contribution >= 4 is 17.6 Å². The lowest BCUT2D eigenvalue weighted by Gasteiger charge is -2.37. The molecule has 0 aromatic heterocycles. The third-order valence-electron chi connectivity index (χ3n) is 4.34. The van der Waals surface area contributed by atoms with Crippen molar-refractivity contribution in [1.29, 1.82) is 0 Å². The van der Waals surface area contributed by atoms with Crippen molar-refractivity contribution in [3.05, 3.63) is 70.2 Å². The van der Waals surface area contributed by atoms with Crippen LogP contribution in [0.25, 0.3) is 0 Å². The molecule has 0 amide bonds. The zero-order chi connectivity index (χ0) is 16.3. The minimum absolute atomic E-state index is 0.357. The maximum absolute atomic E-state index is 12.7. The van der Waals surface area contributed by atoms with Crippen molar-refractivity contribution in [3.8, 4) is 0 Å². The number of aryl methyl sites for hydroxylation is 1. The lowest BCUT2D eigenvalue weighted by molar-refractivity contribution is -0.0378. The van der Waals surface area contributed by atoms with E-state index in [4.69, 9.17) is 16.3 Å². The van der Waals surface area contributed by atoms with E-state index in [1.807, 2.05) is 43.3 Å². The van der Waals surface area contributed by atoms with Crippen molar-refractivity contribution in [2.45, 2.75) is 25.4 Å². The highest BCUT2D eigenvalue weighted by atomic mass is 35.5. The van der Waals surface area contributed by atoms with Crippen LogP contribution in [-0.4, -0.2) is 19.1 Å². The Morgan fingerprint density at radius 2 is 1.83 bits per heavy atom. The van der Waals surface area contributed by atoms with E-state index in [1.54, 1.807) is 12.1 Å². The van der Waals surface area contributed by atoms with Crippen LogP contribution in [0.15, 0.2) is 48.5 Å². The van der Waals surface area contributed by atoms with Crippen molar-refractivity contribution in [1.82, 2.24) is 5.32 Å². The van der Waals surface area contributed by atoms with Crippen LogP contribution in [-0.2, 0) is 10.3 Å². The summed E-state index contributed by atoms with van der Waals surface area (Å²) in [6.45, 7) is 3.58. The summed E-state index contributed by atoms with van der Waals surface area (Å²) in [7, 11) is 0. The van der Waals surface area contributed by atoms with Gasteiger partial charge in [0.05, 0.1) is 10.6 Å². The molecule has 1 aliphatic rings. The Hall–Kier alpha value is -1.84. The van der Waals surface area contributed by atoms with Gasteiger partial charge in [0.15, 0.2) is 0 Å². The first-order chi connectivity index (χ1) is 11.1. The van der Waals surface area contributed by atoms with Crippen LogP contribution in [0.3, 0.4) is 0 Å². The van der Waals surface area contributed by atoms with E-state index in [0.717, 1.165) is 37.1 Å². The van der Waals surface area contributed by atoms with Gasteiger partial charge >= 0.3 is 5.97 Å². The van der Waals surface area contributed by atoms with Gasteiger partial charge in [0, 0.05) is 12.8 Å². The zero-order valence-corrected chi connectivity index (χ0v) is 13.9. The second-order valence-corrected chi connectivity index (χ2v) is 6.39. The molecular weight excluding hydrogens is 310 g/mol. The number of piperidine rings is 1. The van der Waals surface area contributed by atoms with Crippen LogP contribution >= 0.6 is 11.6 Å². The number of halogens is 1. The van der Waals surface area contributed by atoms with E-state index < -0.39 is 5.60 Å². The Morgan fingerprint density at radius 1 is 1.13 bits per heavy atom. The average molecular weight is 330 g/mol. The molecule has 120 valence electrons. The quantitative estimate of drug-likeness (QED) is 0.862. The van der Waals surface area contributed by atoms with Crippen LogP contribution < -0.4 is 5.32 Å². The minimum Gasteiger partial charge on any atom is -0.450 e. The molecule has 1 saturated heterocycles. The molecule has 2 aromatic rings. The topological polar surface area (TPSA) is 38.3 Å². The summed E-state index contributed by atoms with van der Waals surface area (Å²) >= 11 is 6.19. The first-order valence-electron chi connectivity index (χ1n) is 7.86. The van der Waals surface area contributed by atoms with Crippen LogP contribution in [0.2, 0.25) is 5.02 Å². The zero-order valence-electron chi connectivity index (χ0n) is 13.1. The monoisotopic (exact) mass is 329 g/mol. The summed E-state index contributed by atoms with van der Waals surface area (Å²) in [5.41, 5.74) is 1.87. The van der Waals surface area contributed by atoms with Gasteiger partial charge in [-0.1, -0.05) is 53.6 Å². The molecule has 0 unspecified atom stereocenters. The molecule has 3 nitrogen and oxygen atoms in total. The second-order valence-electron chi connectivity index (χ2n) is 5.98. The van der Waals surface area contributed by atoms with E-state index in [-0.39, 0.29) is 5.97 Å². The van der Waals surface area contributed by atoms with Crippen LogP contribution in [0.4, 0.5) is 0 Å². The number of hydrogen-bond donors (Lipinski definition) is 1. The number of esters is 1. The first kappa shape index (κ1) is 16.0. The molecule has 1 fully saturated rings. The third-order valence-corrected chi connectivity index (χ3v) is 4.67. The van der Waals surface area contributed by atoms with Gasteiger partial charge in [-0.15, -0.1) is 0 Å². The summed E-state index contributed by atoms with van der Waals surface area (Å²) in [6.07, 6.45) is 1.51. The first-order valence-corrected chi connectivity index (χ1v) is 8.24. The lowest BCUT2D eigenvalue weighted by atomic mass is 9.84. The highest BCUT2D eigenvalue weighted by molar-refractivity contribution is 6.33. The average Bonchev–Trinajstić information content (AvgIpc) is 2.58. The number of nitrogens with one attached hydrogen (secondary N) is 1. The lowest BCUT2D eigenvalue weighted by Crippen LogP contribution is -2.43. The highest BCUT2D eigenvalue weighted by Gasteiger charge is 2.38. The number of carbonyl (C=O) groups is 1. The normalized spacial score (nSPS) is 16.8. The summed E-state index contributed by atoms with van der Waals surface area (Å²) < 4.78 is 6.02. The largest absolute Gasteiger partial charge is 0.450 e. The summed E-state index contributed by atoms with van der Waals surface area (Å²) in [6, 6.07) is 15.4. The number of carbonyl (C=O) groups excluding carboxylic acids is 1. The third kappa shape index (κ3) is 3.41. The smallest absolute Gasteiger partial charge is 0.340 e. The molecule has 0 aliphatic carbocycles. The van der Waals surface area contributed by atoms with E-state index in [1.165, 1.54) is 0 Å². The van der Waals surface area contributed by atoms with Gasteiger partial charge in [-0.05, 0) is 37.7 Å². The molecule has 4 heteroatoms. The van der Waals surface area contributed by atoms with Crippen LogP contribution in [0, 0.1) is 6.92 Å². The Morgan fingerprint density at radius 3 is 2.52 bits per heavy atom. The number of ether oxygens (including phenoxy) is 1. The second kappa shape index (κ2) is 6.73. The SMILES string of the molecule is Cc1ccc(Cl)c(C(=O)OC2(c3ccccc3)CCNCC2)c1. The number of benzene rings is 2. The van der Waals surface area contributed by atoms with Gasteiger partial charge in [0.2, 0.25) is 0 Å². The van der Waals surface area contributed by atoms with Gasteiger partial charge in [-0.3, -0.25) is 0 Å². The van der Waals surface area contributed by atoms with Gasteiger partial charge in [-0.2, -0.15) is 0 Å². The molecule has 0 radical (unpaired) electrons. The Bertz CT molecular complexity index is 694. The molecule has 0 saturated carbocycles. The van der Waals surface area contributed by atoms with Crippen LogP contribution in [0.1, 0.15) is 34.3 Å². The fraction of sp³-hybridized carbons (Fsp3) is 0.316. The molecule has 0 bridgehead atoms. The van der Waals surface area contributed by atoms with Crippen LogP contribution in [0.5, 0.6) is 0 Å². The van der Waals surface area contributed by atoms with Gasteiger partial charge in [-0.25, -0.2) is 4.79 Å². The van der Waals surface area contributed by atoms with Crippen molar-refractivity contribution in [3.63, 3.8) is 0 Å². The summed E-state index contributed by atoms with van der Waals surface area (Å²) in [5.74, 6) is -0.357. The Labute approximate surface area is 141 Å². The predicted molar refractivity (Wildman–Crippen MR) is 91.8 cm³/mol. The van der Waals surface area contributed by atoms with E-state index in [2.05, 4.69) is 5.32 Å². The minimum atomic E-state index is -0.587. The Balaban J connectivity index is 1.93. The van der Waals surface area contributed by atoms with E-state index in [9.17, 15) is 4.79 Å². The molecule has 2 aromatic carbocycles. The predicted octanol–water partition coefficient (Wildman–Crippen LogP) is 4.08. The molecule has 0 atom stereocenters. The van der Waals surface area contributed by atoms with Crippen molar-refractivity contribution < 1.29 is 9.53 Å². The van der Waals surface area contributed by atoms with E-state index >= 15 is 0 Å². The number of hydrogen-bond acceptors (Lipinski definition) is 3. The maximum Gasteiger partial charge on any atom is 0.340 e. The fourth-order valence-electron chi connectivity index (χ4n) is 3.05. The summed E-state index contributed by atoms with van der Waals surface area (Å²) in [4.78, 5) is 12.7. The maximum atomic E-state index is 12.7. The molecule has 3 rings (SSSR count). The molecule has 1 aliphatic heterocycles. The van der Waals surface area contributed by atoms with Gasteiger partial charge in [0.1, 0.15) is 5.60 Å². The standard InChI is InChI=1S/C19H20ClNO2/c1-14-7-8-17(20)16(13-14)18(22)23-19(9-11-21-12-10-19)15-5-3-2-4-6-15/h2-8,13,21H,9-12H2,1H3. The molecule has 1 N–H and O–H groups in total. The van der Waals surface area contributed by atoms with Crippen molar-refractivity contribution in [2.24, 2.45) is 0 Å². The number of rotatable bonds is 3. The highest BCUT2D eigenvalue weighted by Crippen LogP contribution is 2.36. The molecule has 23 heavy (non-hydrogen) atoms. The van der Waals surface area contributed by atoms with Gasteiger partial charge < -0.3 is 10.1 Å². The molecular formula is C19H20ClNO2. The van der Waals surface area contributed by atoms with Crippen molar-refractivity contribution in [2.75, 3.05) is 13.1 Å². The van der Waals surface area contributed by atoms with E-state index in [0.29, 0.717) is 10.6 Å².